The number of H-pyrrole nitrogens is 1. The monoisotopic (exact) mass is 372 g/mol. The number of aryl methyl sites for hydroxylation is 1. The zero-order chi connectivity index (χ0) is 18.1. The third kappa shape index (κ3) is 2.92. The van der Waals surface area contributed by atoms with Gasteiger partial charge in [-0.15, -0.1) is 0 Å². The van der Waals surface area contributed by atoms with Crippen LogP contribution in [0.5, 0.6) is 5.75 Å². The topological polar surface area (TPSA) is 70.2 Å². The maximum absolute atomic E-state index is 6.18. The normalized spacial score (nSPS) is 14.9. The lowest BCUT2D eigenvalue weighted by molar-refractivity contribution is 0.413. The first-order chi connectivity index (χ1) is 12.7. The molecule has 0 amide bonds. The molecule has 1 aliphatic heterocycles. The van der Waals surface area contributed by atoms with Crippen molar-refractivity contribution in [1.29, 1.82) is 0 Å². The van der Waals surface area contributed by atoms with Gasteiger partial charge in [0.05, 0.1) is 23.9 Å². The van der Waals surface area contributed by atoms with Crippen molar-refractivity contribution in [3.05, 3.63) is 35.2 Å². The van der Waals surface area contributed by atoms with E-state index in [2.05, 4.69) is 36.9 Å². The van der Waals surface area contributed by atoms with Crippen LogP contribution in [0.1, 0.15) is 12.6 Å². The van der Waals surface area contributed by atoms with Crippen LogP contribution in [0, 0.1) is 0 Å². The van der Waals surface area contributed by atoms with Crippen molar-refractivity contribution in [1.82, 2.24) is 20.2 Å². The van der Waals surface area contributed by atoms with Crippen molar-refractivity contribution in [3.63, 3.8) is 0 Å². The lowest BCUT2D eigenvalue weighted by Gasteiger charge is -2.37. The molecule has 26 heavy (non-hydrogen) atoms. The van der Waals surface area contributed by atoms with Crippen LogP contribution in [0.3, 0.4) is 0 Å². The fraction of sp³-hybridized carbons (Fsp3) is 0.389. The van der Waals surface area contributed by atoms with Gasteiger partial charge in [0.15, 0.2) is 5.65 Å². The summed E-state index contributed by atoms with van der Waals surface area (Å²) in [4.78, 5) is 13.4. The number of hydrogen-bond acceptors (Lipinski definition) is 6. The van der Waals surface area contributed by atoms with Gasteiger partial charge in [-0.2, -0.15) is 5.10 Å². The van der Waals surface area contributed by atoms with Crippen molar-refractivity contribution < 1.29 is 4.74 Å². The molecule has 3 heterocycles. The van der Waals surface area contributed by atoms with Crippen molar-refractivity contribution in [3.8, 4) is 5.75 Å². The van der Waals surface area contributed by atoms with E-state index in [0.717, 1.165) is 66.6 Å². The Bertz CT molecular complexity index is 919. The molecule has 2 aromatic heterocycles. The van der Waals surface area contributed by atoms with E-state index in [9.17, 15) is 0 Å². The number of hydrogen-bond donors (Lipinski definition) is 1. The minimum absolute atomic E-state index is 0.715. The highest BCUT2D eigenvalue weighted by atomic mass is 35.5. The molecule has 136 valence electrons. The van der Waals surface area contributed by atoms with Crippen LogP contribution in [0.2, 0.25) is 5.02 Å². The Labute approximate surface area is 156 Å². The molecule has 1 aliphatic rings. The van der Waals surface area contributed by atoms with Crippen LogP contribution in [-0.2, 0) is 6.42 Å². The molecule has 0 aliphatic carbocycles. The van der Waals surface area contributed by atoms with Crippen LogP contribution in [-0.4, -0.2) is 53.5 Å². The number of nitrogens with one attached hydrogen (secondary N) is 1. The Morgan fingerprint density at radius 1 is 1.15 bits per heavy atom. The summed E-state index contributed by atoms with van der Waals surface area (Å²) in [6, 6.07) is 5.73. The van der Waals surface area contributed by atoms with Crippen LogP contribution >= 0.6 is 11.6 Å². The number of methoxy groups -OCH3 is 1. The van der Waals surface area contributed by atoms with Gasteiger partial charge >= 0.3 is 0 Å². The summed E-state index contributed by atoms with van der Waals surface area (Å²) in [5.41, 5.74) is 2.84. The highest BCUT2D eigenvalue weighted by Crippen LogP contribution is 2.33. The molecular formula is C18H21ClN6O. The van der Waals surface area contributed by atoms with Gasteiger partial charge in [-0.1, -0.05) is 18.5 Å². The largest absolute Gasteiger partial charge is 0.495 e. The number of anilines is 2. The second-order valence-corrected chi connectivity index (χ2v) is 6.67. The van der Waals surface area contributed by atoms with Crippen molar-refractivity contribution in [2.24, 2.45) is 0 Å². The molecule has 1 N–H and O–H groups in total. The van der Waals surface area contributed by atoms with Crippen LogP contribution in [0.4, 0.5) is 11.5 Å². The molecule has 4 rings (SSSR count). The molecule has 8 heteroatoms. The lowest BCUT2D eigenvalue weighted by atomic mass is 10.2. The molecule has 0 saturated carbocycles. The molecule has 7 nitrogen and oxygen atoms in total. The second kappa shape index (κ2) is 6.99. The molecular weight excluding hydrogens is 352 g/mol. The maximum Gasteiger partial charge on any atom is 0.160 e. The summed E-state index contributed by atoms with van der Waals surface area (Å²) >= 11 is 6.18. The first-order valence-corrected chi connectivity index (χ1v) is 9.10. The van der Waals surface area contributed by atoms with E-state index in [1.165, 1.54) is 0 Å². The highest BCUT2D eigenvalue weighted by Gasteiger charge is 2.23. The molecule has 0 bridgehead atoms. The molecule has 1 saturated heterocycles. The second-order valence-electron chi connectivity index (χ2n) is 6.24. The summed E-state index contributed by atoms with van der Waals surface area (Å²) in [6.07, 6.45) is 2.45. The number of piperazine rings is 1. The minimum atomic E-state index is 0.715. The summed E-state index contributed by atoms with van der Waals surface area (Å²) in [5.74, 6) is 1.80. The van der Waals surface area contributed by atoms with E-state index >= 15 is 0 Å². The summed E-state index contributed by atoms with van der Waals surface area (Å²) in [7, 11) is 1.69. The van der Waals surface area contributed by atoms with Gasteiger partial charge in [-0.25, -0.2) is 9.97 Å². The molecule has 0 radical (unpaired) electrons. The van der Waals surface area contributed by atoms with Gasteiger partial charge in [-0.3, -0.25) is 5.10 Å². The van der Waals surface area contributed by atoms with E-state index in [1.807, 2.05) is 18.2 Å². The standard InChI is InChI=1S/C18H21ClN6O/c1-3-13-16-17(23-22-13)20-11-21-18(16)25-8-6-24(7-9-25)14-10-12(19)4-5-15(14)26-2/h4-5,10-11H,3,6-9H2,1-2H3,(H,20,21,22,23). The Kier molecular flexibility index (Phi) is 4.55. The number of halogens is 1. The van der Waals surface area contributed by atoms with Crippen LogP contribution in [0.15, 0.2) is 24.5 Å². The Morgan fingerprint density at radius 3 is 2.65 bits per heavy atom. The number of nitrogens with zero attached hydrogens (tertiary/aromatic N) is 5. The average Bonchev–Trinajstić information content (AvgIpc) is 3.11. The molecule has 0 spiro atoms. The predicted molar refractivity (Wildman–Crippen MR) is 103 cm³/mol. The molecule has 0 unspecified atom stereocenters. The lowest BCUT2D eigenvalue weighted by Crippen LogP contribution is -2.47. The van der Waals surface area contributed by atoms with Crippen molar-refractivity contribution >= 4 is 34.1 Å². The SMILES string of the molecule is CCc1n[nH]c2ncnc(N3CCN(c4cc(Cl)ccc4OC)CC3)c12. The van der Waals surface area contributed by atoms with Gasteiger partial charge in [-0.05, 0) is 24.6 Å². The zero-order valence-corrected chi connectivity index (χ0v) is 15.6. The van der Waals surface area contributed by atoms with E-state index in [1.54, 1.807) is 13.4 Å². The first kappa shape index (κ1) is 16.9. The van der Waals surface area contributed by atoms with Gasteiger partial charge in [0.25, 0.3) is 0 Å². The van der Waals surface area contributed by atoms with Gasteiger partial charge in [0.1, 0.15) is 17.9 Å². The number of rotatable bonds is 4. The summed E-state index contributed by atoms with van der Waals surface area (Å²) in [5, 5.41) is 9.12. The molecule has 1 fully saturated rings. The fourth-order valence-electron chi connectivity index (χ4n) is 3.47. The number of benzene rings is 1. The first-order valence-electron chi connectivity index (χ1n) is 8.72. The Hall–Kier alpha value is -2.54. The maximum atomic E-state index is 6.18. The molecule has 1 aromatic carbocycles. The number of fused-ring (bicyclic) bond motifs is 1. The molecule has 0 atom stereocenters. The molecule has 3 aromatic rings. The number of aromatic amines is 1. The van der Waals surface area contributed by atoms with Crippen molar-refractivity contribution in [2.45, 2.75) is 13.3 Å². The fourth-order valence-corrected chi connectivity index (χ4v) is 3.63. The van der Waals surface area contributed by atoms with E-state index < -0.39 is 0 Å². The zero-order valence-electron chi connectivity index (χ0n) is 14.9. The van der Waals surface area contributed by atoms with E-state index in [4.69, 9.17) is 16.3 Å². The summed E-state index contributed by atoms with van der Waals surface area (Å²) in [6.45, 7) is 5.53. The third-order valence-corrected chi connectivity index (χ3v) is 5.04. The minimum Gasteiger partial charge on any atom is -0.495 e. The van der Waals surface area contributed by atoms with Gasteiger partial charge < -0.3 is 14.5 Å². The van der Waals surface area contributed by atoms with Gasteiger partial charge in [0, 0.05) is 31.2 Å². The smallest absolute Gasteiger partial charge is 0.160 e. The average molecular weight is 373 g/mol. The van der Waals surface area contributed by atoms with E-state index in [-0.39, 0.29) is 0 Å². The Balaban J connectivity index is 1.58. The quantitative estimate of drug-likeness (QED) is 0.759. The van der Waals surface area contributed by atoms with Crippen LogP contribution in [0.25, 0.3) is 11.0 Å². The van der Waals surface area contributed by atoms with Gasteiger partial charge in [0.2, 0.25) is 0 Å². The highest BCUT2D eigenvalue weighted by molar-refractivity contribution is 6.30. The predicted octanol–water partition coefficient (Wildman–Crippen LogP) is 2.90. The van der Waals surface area contributed by atoms with Crippen LogP contribution < -0.4 is 14.5 Å². The number of aromatic nitrogens is 4. The summed E-state index contributed by atoms with van der Waals surface area (Å²) < 4.78 is 5.50. The van der Waals surface area contributed by atoms with E-state index in [0.29, 0.717) is 5.02 Å². The third-order valence-electron chi connectivity index (χ3n) is 4.81. The number of ether oxygens (including phenoxy) is 1. The Morgan fingerprint density at radius 2 is 1.92 bits per heavy atom. The van der Waals surface area contributed by atoms with Crippen molar-refractivity contribution in [2.75, 3.05) is 43.1 Å².